The molecule has 2 aliphatic heterocycles. The van der Waals surface area contributed by atoms with Crippen LogP contribution in [0.4, 0.5) is 0 Å². The summed E-state index contributed by atoms with van der Waals surface area (Å²) >= 11 is 0. The number of carboxylic acid groups (broad SMARTS) is 1. The van der Waals surface area contributed by atoms with Crippen LogP contribution in [0, 0.1) is 11.3 Å². The van der Waals surface area contributed by atoms with E-state index in [9.17, 15) is 9.59 Å². The third-order valence-corrected chi connectivity index (χ3v) is 3.57. The van der Waals surface area contributed by atoms with E-state index in [1.807, 2.05) is 0 Å². The molecular formula is C11H18N2O4. The third-order valence-electron chi connectivity index (χ3n) is 3.57. The van der Waals surface area contributed by atoms with E-state index in [0.29, 0.717) is 32.5 Å². The van der Waals surface area contributed by atoms with Crippen molar-refractivity contribution in [1.29, 1.82) is 0 Å². The van der Waals surface area contributed by atoms with Crippen LogP contribution in [0.15, 0.2) is 0 Å². The van der Waals surface area contributed by atoms with Crippen LogP contribution in [-0.4, -0.2) is 42.9 Å². The summed E-state index contributed by atoms with van der Waals surface area (Å²) < 4.78 is 5.29. The smallest absolute Gasteiger partial charge is 0.313 e. The first-order chi connectivity index (χ1) is 8.01. The number of hydrogen-bond acceptors (Lipinski definition) is 5. The van der Waals surface area contributed by atoms with Crippen molar-refractivity contribution in [1.82, 2.24) is 10.6 Å². The molecule has 0 radical (unpaired) electrons. The molecule has 2 saturated heterocycles. The van der Waals surface area contributed by atoms with E-state index in [1.54, 1.807) is 6.92 Å². The fraction of sp³-hybridized carbons (Fsp3) is 0.818. The van der Waals surface area contributed by atoms with E-state index in [2.05, 4.69) is 10.6 Å². The lowest BCUT2D eigenvalue weighted by molar-refractivity contribution is -0.167. The number of carbonyl (C=O) groups excluding carboxylic acids is 1. The number of nitrogens with one attached hydrogen (secondary N) is 2. The molecule has 0 spiro atoms. The Morgan fingerprint density at radius 2 is 2.12 bits per heavy atom. The lowest BCUT2D eigenvalue weighted by atomic mass is 9.80. The first-order valence-corrected chi connectivity index (χ1v) is 5.89. The Balaban J connectivity index is 1.88. The molecule has 0 saturated carbocycles. The Labute approximate surface area is 99.7 Å². The molecule has 0 aromatic carbocycles. The first kappa shape index (κ1) is 12.3. The van der Waals surface area contributed by atoms with Gasteiger partial charge in [-0.1, -0.05) is 0 Å². The summed E-state index contributed by atoms with van der Waals surface area (Å²) in [5.74, 6) is -1.14. The van der Waals surface area contributed by atoms with Crippen LogP contribution in [0.25, 0.3) is 0 Å². The van der Waals surface area contributed by atoms with Crippen molar-refractivity contribution in [2.45, 2.75) is 26.0 Å². The minimum atomic E-state index is -0.828. The van der Waals surface area contributed by atoms with Gasteiger partial charge in [0.25, 0.3) is 0 Å². The maximum atomic E-state index is 11.6. The van der Waals surface area contributed by atoms with Crippen molar-refractivity contribution >= 4 is 11.9 Å². The molecule has 6 nitrogen and oxygen atoms in total. The zero-order valence-corrected chi connectivity index (χ0v) is 9.86. The van der Waals surface area contributed by atoms with Crippen LogP contribution in [-0.2, 0) is 14.3 Å². The topological polar surface area (TPSA) is 87.7 Å². The molecule has 0 aliphatic carbocycles. The number of carbonyl (C=O) groups is 2. The van der Waals surface area contributed by atoms with Crippen LogP contribution in [0.5, 0.6) is 0 Å². The normalized spacial score (nSPS) is 33.8. The van der Waals surface area contributed by atoms with Gasteiger partial charge in [0, 0.05) is 19.5 Å². The van der Waals surface area contributed by atoms with Crippen molar-refractivity contribution in [3.8, 4) is 0 Å². The molecule has 2 aliphatic rings. The molecule has 3 N–H and O–H groups in total. The van der Waals surface area contributed by atoms with Gasteiger partial charge in [-0.3, -0.25) is 14.9 Å². The summed E-state index contributed by atoms with van der Waals surface area (Å²) in [6.45, 7) is 3.56. The number of aliphatic carboxylic acids is 1. The second kappa shape index (κ2) is 4.62. The van der Waals surface area contributed by atoms with E-state index in [-0.39, 0.29) is 11.9 Å². The molecule has 0 amide bonds. The van der Waals surface area contributed by atoms with Crippen LogP contribution >= 0.6 is 0 Å². The second-order valence-corrected chi connectivity index (χ2v) is 5.05. The predicted molar refractivity (Wildman–Crippen MR) is 59.2 cm³/mol. The highest BCUT2D eigenvalue weighted by Gasteiger charge is 2.40. The Bertz CT molecular complexity index is 329. The van der Waals surface area contributed by atoms with E-state index in [0.717, 1.165) is 0 Å². The van der Waals surface area contributed by atoms with Gasteiger partial charge in [0.15, 0.2) is 6.23 Å². The molecule has 0 aromatic rings. The van der Waals surface area contributed by atoms with Gasteiger partial charge in [-0.15, -0.1) is 0 Å². The number of esters is 1. The molecule has 6 heteroatoms. The molecule has 2 fully saturated rings. The Morgan fingerprint density at radius 3 is 2.65 bits per heavy atom. The lowest BCUT2D eigenvalue weighted by Gasteiger charge is -2.36. The first-order valence-electron chi connectivity index (χ1n) is 5.89. The fourth-order valence-corrected chi connectivity index (χ4v) is 2.06. The molecular weight excluding hydrogens is 224 g/mol. The minimum Gasteiger partial charge on any atom is -0.481 e. The molecule has 2 unspecified atom stereocenters. The highest BCUT2D eigenvalue weighted by atomic mass is 16.6. The summed E-state index contributed by atoms with van der Waals surface area (Å²) in [4.78, 5) is 22.8. The highest BCUT2D eigenvalue weighted by Crippen LogP contribution is 2.31. The van der Waals surface area contributed by atoms with Gasteiger partial charge in [-0.05, 0) is 19.9 Å². The van der Waals surface area contributed by atoms with E-state index in [4.69, 9.17) is 9.84 Å². The number of carboxylic acids is 1. The van der Waals surface area contributed by atoms with Gasteiger partial charge in [-0.25, -0.2) is 0 Å². The molecule has 0 aromatic heterocycles. The molecule has 96 valence electrons. The number of hydrogen-bond donors (Lipinski definition) is 3. The predicted octanol–water partition coefficient (Wildman–Crippen LogP) is -0.451. The summed E-state index contributed by atoms with van der Waals surface area (Å²) in [5.41, 5.74) is -0.798. The second-order valence-electron chi connectivity index (χ2n) is 5.05. The minimum absolute atomic E-state index is 0.0742. The largest absolute Gasteiger partial charge is 0.481 e. The zero-order chi connectivity index (χ0) is 12.5. The van der Waals surface area contributed by atoms with Crippen molar-refractivity contribution in [2.24, 2.45) is 11.3 Å². The number of piperidine rings is 1. The number of rotatable bonds is 3. The van der Waals surface area contributed by atoms with Crippen molar-refractivity contribution in [3.05, 3.63) is 0 Å². The van der Waals surface area contributed by atoms with E-state index in [1.165, 1.54) is 0 Å². The van der Waals surface area contributed by atoms with Gasteiger partial charge in [-0.2, -0.15) is 0 Å². The summed E-state index contributed by atoms with van der Waals surface area (Å²) in [7, 11) is 0. The molecule has 2 rings (SSSR count). The van der Waals surface area contributed by atoms with Gasteiger partial charge in [0.1, 0.15) is 0 Å². The average Bonchev–Trinajstić information content (AvgIpc) is 2.14. The standard InChI is InChI=1S/C11H18N2O4/c1-11(10(15)16)2-3-13-8(4-11)17-9(14)7-5-12-6-7/h7-8,12-13H,2-6H2,1H3,(H,15,16). The molecule has 0 bridgehead atoms. The van der Waals surface area contributed by atoms with Gasteiger partial charge >= 0.3 is 11.9 Å². The average molecular weight is 242 g/mol. The van der Waals surface area contributed by atoms with Gasteiger partial charge in [0.2, 0.25) is 0 Å². The number of ether oxygens (including phenoxy) is 1. The maximum Gasteiger partial charge on any atom is 0.313 e. The van der Waals surface area contributed by atoms with Crippen molar-refractivity contribution < 1.29 is 19.4 Å². The van der Waals surface area contributed by atoms with Crippen LogP contribution < -0.4 is 10.6 Å². The van der Waals surface area contributed by atoms with Gasteiger partial charge < -0.3 is 15.2 Å². The fourth-order valence-electron chi connectivity index (χ4n) is 2.06. The third kappa shape index (κ3) is 2.58. The summed E-state index contributed by atoms with van der Waals surface area (Å²) in [5, 5.41) is 15.2. The Kier molecular flexibility index (Phi) is 3.35. The van der Waals surface area contributed by atoms with Crippen LogP contribution in [0.3, 0.4) is 0 Å². The lowest BCUT2D eigenvalue weighted by Crippen LogP contribution is -2.52. The summed E-state index contributed by atoms with van der Waals surface area (Å²) in [6.07, 6.45) is 0.410. The van der Waals surface area contributed by atoms with E-state index >= 15 is 0 Å². The molecule has 17 heavy (non-hydrogen) atoms. The van der Waals surface area contributed by atoms with Gasteiger partial charge in [0.05, 0.1) is 11.3 Å². The molecule has 2 heterocycles. The monoisotopic (exact) mass is 242 g/mol. The van der Waals surface area contributed by atoms with Crippen LogP contribution in [0.2, 0.25) is 0 Å². The molecule has 2 atom stereocenters. The maximum absolute atomic E-state index is 11.6. The summed E-state index contributed by atoms with van der Waals surface area (Å²) in [6, 6.07) is 0. The highest BCUT2D eigenvalue weighted by molar-refractivity contribution is 5.75. The Morgan fingerprint density at radius 1 is 1.41 bits per heavy atom. The van der Waals surface area contributed by atoms with Crippen molar-refractivity contribution in [2.75, 3.05) is 19.6 Å². The van der Waals surface area contributed by atoms with Crippen molar-refractivity contribution in [3.63, 3.8) is 0 Å². The zero-order valence-electron chi connectivity index (χ0n) is 9.86. The van der Waals surface area contributed by atoms with Crippen LogP contribution in [0.1, 0.15) is 19.8 Å². The van der Waals surface area contributed by atoms with E-state index < -0.39 is 17.6 Å². The SMILES string of the molecule is CC1(C(=O)O)CCNC(OC(=O)C2CNC2)C1. The Hall–Kier alpha value is -1.14. The quantitative estimate of drug-likeness (QED) is 0.581.